The van der Waals surface area contributed by atoms with E-state index < -0.39 is 0 Å². The van der Waals surface area contributed by atoms with Gasteiger partial charge in [0.1, 0.15) is 0 Å². The van der Waals surface area contributed by atoms with Crippen LogP contribution in [-0.2, 0) is 14.3 Å². The highest BCUT2D eigenvalue weighted by molar-refractivity contribution is 8.00. The van der Waals surface area contributed by atoms with Crippen LogP contribution in [0.5, 0.6) is 0 Å². The Morgan fingerprint density at radius 2 is 1.96 bits per heavy atom. The lowest BCUT2D eigenvalue weighted by Crippen LogP contribution is -2.27. The second-order valence-electron chi connectivity index (χ2n) is 5.14. The average molecular weight is 336 g/mol. The fraction of sp³-hybridized carbons (Fsp3) is 0.438. The number of ether oxygens (including phenoxy) is 1. The first-order chi connectivity index (χ1) is 11.1. The van der Waals surface area contributed by atoms with Gasteiger partial charge in [0.25, 0.3) is 5.91 Å². The first kappa shape index (κ1) is 17.3. The molecule has 1 fully saturated rings. The number of hydrogen-bond donors (Lipinski definition) is 2. The maximum Gasteiger partial charge on any atom is 0.315 e. The van der Waals surface area contributed by atoms with E-state index in [1.807, 2.05) is 0 Å². The molecule has 0 bridgehead atoms. The summed E-state index contributed by atoms with van der Waals surface area (Å²) in [5.74, 6) is -0.522. The third kappa shape index (κ3) is 5.94. The summed E-state index contributed by atoms with van der Waals surface area (Å²) < 4.78 is 4.79. The number of para-hydroxylation sites is 1. The lowest BCUT2D eigenvalue weighted by atomic mass is 10.1. The van der Waals surface area contributed by atoms with Gasteiger partial charge in [-0.3, -0.25) is 14.4 Å². The Morgan fingerprint density at radius 3 is 2.65 bits per heavy atom. The van der Waals surface area contributed by atoms with Crippen molar-refractivity contribution in [1.29, 1.82) is 0 Å². The lowest BCUT2D eigenvalue weighted by Gasteiger charge is -2.11. The minimum atomic E-state index is -0.338. The number of amides is 2. The molecule has 2 amide bonds. The van der Waals surface area contributed by atoms with Crippen LogP contribution in [-0.4, -0.2) is 41.9 Å². The molecule has 0 saturated heterocycles. The van der Waals surface area contributed by atoms with Gasteiger partial charge >= 0.3 is 5.97 Å². The molecular weight excluding hydrogens is 316 g/mol. The number of esters is 1. The number of carbonyl (C=O) groups is 3. The molecule has 6 nitrogen and oxygen atoms in total. The van der Waals surface area contributed by atoms with E-state index in [2.05, 4.69) is 10.6 Å². The number of carbonyl (C=O) groups excluding carboxylic acids is 3. The van der Waals surface area contributed by atoms with Crippen LogP contribution < -0.4 is 10.6 Å². The summed E-state index contributed by atoms with van der Waals surface area (Å²) >= 11 is 1.18. The molecule has 2 rings (SSSR count). The van der Waals surface area contributed by atoms with Crippen molar-refractivity contribution in [2.24, 2.45) is 0 Å². The highest BCUT2D eigenvalue weighted by atomic mass is 32.2. The van der Waals surface area contributed by atoms with Crippen molar-refractivity contribution >= 4 is 35.2 Å². The Hall–Kier alpha value is -2.02. The van der Waals surface area contributed by atoms with Crippen LogP contribution in [0, 0.1) is 0 Å². The van der Waals surface area contributed by atoms with Crippen molar-refractivity contribution in [3.8, 4) is 0 Å². The van der Waals surface area contributed by atoms with Gasteiger partial charge in [-0.1, -0.05) is 12.1 Å². The van der Waals surface area contributed by atoms with Gasteiger partial charge in [-0.25, -0.2) is 0 Å². The highest BCUT2D eigenvalue weighted by Gasteiger charge is 2.25. The summed E-state index contributed by atoms with van der Waals surface area (Å²) in [6.45, 7) is 2.06. The zero-order valence-corrected chi connectivity index (χ0v) is 13.8. The topological polar surface area (TPSA) is 84.5 Å². The van der Waals surface area contributed by atoms with Crippen molar-refractivity contribution in [3.63, 3.8) is 0 Å². The Morgan fingerprint density at radius 1 is 1.22 bits per heavy atom. The van der Waals surface area contributed by atoms with E-state index in [-0.39, 0.29) is 35.3 Å². The monoisotopic (exact) mass is 336 g/mol. The first-order valence-corrected chi connectivity index (χ1v) is 8.68. The third-order valence-corrected chi connectivity index (χ3v) is 4.02. The molecule has 0 radical (unpaired) electrons. The number of nitrogens with one attached hydrogen (secondary N) is 2. The van der Waals surface area contributed by atoms with Crippen LogP contribution in [0.4, 0.5) is 5.69 Å². The Labute approximate surface area is 139 Å². The molecule has 0 spiro atoms. The first-order valence-electron chi connectivity index (χ1n) is 7.53. The van der Waals surface area contributed by atoms with E-state index in [1.165, 1.54) is 11.8 Å². The van der Waals surface area contributed by atoms with E-state index in [0.717, 1.165) is 12.8 Å². The second-order valence-corrected chi connectivity index (χ2v) is 6.12. The second kappa shape index (κ2) is 8.57. The maximum absolute atomic E-state index is 12.1. The smallest absolute Gasteiger partial charge is 0.315 e. The number of rotatable bonds is 8. The minimum absolute atomic E-state index is 0.122. The van der Waals surface area contributed by atoms with Crippen LogP contribution in [0.3, 0.4) is 0 Å². The minimum Gasteiger partial charge on any atom is -0.465 e. The molecule has 1 aromatic carbocycles. The average Bonchev–Trinajstić information content (AvgIpc) is 3.32. The van der Waals surface area contributed by atoms with Crippen LogP contribution in [0.15, 0.2) is 24.3 Å². The molecule has 1 saturated carbocycles. The standard InChI is InChI=1S/C16H20N2O4S/c1-2-22-15(20)10-23-9-14(19)18-13-6-4-3-5-12(13)16(21)17-11-7-8-11/h3-6,11H,2,7-10H2,1H3,(H,17,21)(H,18,19). The van der Waals surface area contributed by atoms with Crippen LogP contribution in [0.2, 0.25) is 0 Å². The van der Waals surface area contributed by atoms with Crippen LogP contribution >= 0.6 is 11.8 Å². The van der Waals surface area contributed by atoms with Gasteiger partial charge in [0.15, 0.2) is 0 Å². The molecule has 1 aliphatic carbocycles. The normalized spacial score (nSPS) is 13.3. The third-order valence-electron chi connectivity index (χ3n) is 3.12. The molecule has 2 N–H and O–H groups in total. The predicted molar refractivity (Wildman–Crippen MR) is 89.5 cm³/mol. The molecule has 1 aromatic rings. The number of thioether (sulfide) groups is 1. The molecule has 124 valence electrons. The zero-order chi connectivity index (χ0) is 16.7. The van der Waals surface area contributed by atoms with Gasteiger partial charge in [-0.05, 0) is 31.9 Å². The van der Waals surface area contributed by atoms with E-state index >= 15 is 0 Å². The van der Waals surface area contributed by atoms with Crippen molar-refractivity contribution in [2.45, 2.75) is 25.8 Å². The van der Waals surface area contributed by atoms with Crippen LogP contribution in [0.1, 0.15) is 30.1 Å². The van der Waals surface area contributed by atoms with E-state index in [4.69, 9.17) is 4.74 Å². The van der Waals surface area contributed by atoms with Gasteiger partial charge in [-0.15, -0.1) is 11.8 Å². The van der Waals surface area contributed by atoms with Crippen molar-refractivity contribution < 1.29 is 19.1 Å². The summed E-state index contributed by atoms with van der Waals surface area (Å²) in [5, 5.41) is 5.62. The Bertz CT molecular complexity index is 587. The Kier molecular flexibility index (Phi) is 6.46. The number of benzene rings is 1. The highest BCUT2D eigenvalue weighted by Crippen LogP contribution is 2.21. The summed E-state index contributed by atoms with van der Waals surface area (Å²) in [5.41, 5.74) is 0.926. The summed E-state index contributed by atoms with van der Waals surface area (Å²) in [7, 11) is 0. The quantitative estimate of drug-likeness (QED) is 0.707. The van der Waals surface area contributed by atoms with Crippen molar-refractivity contribution in [2.75, 3.05) is 23.4 Å². The van der Waals surface area contributed by atoms with Gasteiger partial charge in [0.05, 0.1) is 29.4 Å². The number of anilines is 1. The molecule has 7 heteroatoms. The van der Waals surface area contributed by atoms with Crippen molar-refractivity contribution in [3.05, 3.63) is 29.8 Å². The fourth-order valence-corrected chi connectivity index (χ4v) is 2.51. The largest absolute Gasteiger partial charge is 0.465 e. The maximum atomic E-state index is 12.1. The van der Waals surface area contributed by atoms with Crippen molar-refractivity contribution in [1.82, 2.24) is 5.32 Å². The van der Waals surface area contributed by atoms with Gasteiger partial charge in [0.2, 0.25) is 5.91 Å². The Balaban J connectivity index is 1.85. The molecule has 0 aliphatic heterocycles. The molecular formula is C16H20N2O4S. The molecule has 0 atom stereocenters. The zero-order valence-electron chi connectivity index (χ0n) is 13.0. The molecule has 23 heavy (non-hydrogen) atoms. The summed E-state index contributed by atoms with van der Waals surface area (Å²) in [6, 6.07) is 7.14. The summed E-state index contributed by atoms with van der Waals surface area (Å²) in [6.07, 6.45) is 2.01. The predicted octanol–water partition coefficient (Wildman–Crippen LogP) is 1.81. The molecule has 1 aliphatic rings. The van der Waals surface area contributed by atoms with Crippen LogP contribution in [0.25, 0.3) is 0 Å². The lowest BCUT2D eigenvalue weighted by molar-refractivity contribution is -0.139. The van der Waals surface area contributed by atoms with E-state index in [9.17, 15) is 14.4 Å². The fourth-order valence-electron chi connectivity index (χ4n) is 1.90. The number of hydrogen-bond acceptors (Lipinski definition) is 5. The summed E-state index contributed by atoms with van der Waals surface area (Å²) in [4.78, 5) is 35.3. The van der Waals surface area contributed by atoms with E-state index in [0.29, 0.717) is 17.9 Å². The van der Waals surface area contributed by atoms with Gasteiger partial charge in [0, 0.05) is 6.04 Å². The molecule has 0 unspecified atom stereocenters. The molecule has 0 aromatic heterocycles. The molecule has 0 heterocycles. The van der Waals surface area contributed by atoms with Gasteiger partial charge in [-0.2, -0.15) is 0 Å². The van der Waals surface area contributed by atoms with E-state index in [1.54, 1.807) is 31.2 Å². The van der Waals surface area contributed by atoms with Gasteiger partial charge < -0.3 is 15.4 Å². The SMILES string of the molecule is CCOC(=O)CSCC(=O)Nc1ccccc1C(=O)NC1CC1.